The largest absolute Gasteiger partial charge is 0.321 e. The summed E-state index contributed by atoms with van der Waals surface area (Å²) < 4.78 is 1.84. The number of rotatable bonds is 4. The third-order valence-corrected chi connectivity index (χ3v) is 5.19. The Bertz CT molecular complexity index is 1130. The van der Waals surface area contributed by atoms with E-state index in [9.17, 15) is 10.1 Å². The fraction of sp³-hybridized carbons (Fsp3) is 0.0476. The number of nitrogens with one attached hydrogen (secondary N) is 1. The summed E-state index contributed by atoms with van der Waals surface area (Å²) in [5.74, 6) is -0.546. The molecule has 0 spiro atoms. The first-order chi connectivity index (χ1) is 13.4. The van der Waals surface area contributed by atoms with E-state index in [1.807, 2.05) is 48.0 Å². The van der Waals surface area contributed by atoms with Gasteiger partial charge < -0.3 is 9.88 Å². The van der Waals surface area contributed by atoms with Gasteiger partial charge in [-0.15, -0.1) is 0 Å². The maximum atomic E-state index is 12.5. The smallest absolute Gasteiger partial charge is 0.266 e. The van der Waals surface area contributed by atoms with Crippen molar-refractivity contribution in [2.24, 2.45) is 0 Å². The minimum atomic E-state index is -0.546. The van der Waals surface area contributed by atoms with Gasteiger partial charge in [0, 0.05) is 28.3 Å². The second-order valence-corrected chi connectivity index (χ2v) is 7.21. The molecule has 0 unspecified atom stereocenters. The van der Waals surface area contributed by atoms with Crippen LogP contribution in [0.5, 0.6) is 0 Å². The maximum Gasteiger partial charge on any atom is 0.266 e. The number of anilines is 1. The number of carbonyl (C=O) groups is 1. The number of carbonyl (C=O) groups excluding carboxylic acids is 1. The Morgan fingerprint density at radius 3 is 2.54 bits per heavy atom. The fourth-order valence-electron chi connectivity index (χ4n) is 2.55. The van der Waals surface area contributed by atoms with Gasteiger partial charge in [-0.2, -0.15) is 5.26 Å². The van der Waals surface area contributed by atoms with Gasteiger partial charge in [0.1, 0.15) is 11.6 Å². The Morgan fingerprint density at radius 1 is 1.07 bits per heavy atom. The van der Waals surface area contributed by atoms with Crippen LogP contribution in [0.3, 0.4) is 0 Å². The first-order valence-electron chi connectivity index (χ1n) is 8.21. The lowest BCUT2D eigenvalue weighted by molar-refractivity contribution is -0.112. The Morgan fingerprint density at radius 2 is 1.86 bits per heavy atom. The second kappa shape index (κ2) is 8.53. The summed E-state index contributed by atoms with van der Waals surface area (Å²) in [4.78, 5) is 12.5. The van der Waals surface area contributed by atoms with Gasteiger partial charge in [-0.25, -0.2) is 0 Å². The van der Waals surface area contributed by atoms with Gasteiger partial charge in [-0.1, -0.05) is 40.9 Å². The van der Waals surface area contributed by atoms with Crippen LogP contribution in [-0.2, 0) is 4.79 Å². The molecule has 0 saturated carbocycles. The standard InChI is InChI=1S/C21H14Cl3N3O/c1-13-4-6-17(11-19(13)23)27-8-2-3-16(27)9-14(12-25)21(28)26-15-5-7-18(22)20(24)10-15/h2-11H,1H3,(H,26,28)/b14-9-. The molecule has 0 fully saturated rings. The van der Waals surface area contributed by atoms with Gasteiger partial charge in [-0.05, 0) is 61.0 Å². The fourth-order valence-corrected chi connectivity index (χ4v) is 3.02. The van der Waals surface area contributed by atoms with Gasteiger partial charge in [0.15, 0.2) is 0 Å². The predicted molar refractivity (Wildman–Crippen MR) is 114 cm³/mol. The number of hydrogen-bond acceptors (Lipinski definition) is 2. The van der Waals surface area contributed by atoms with Crippen molar-refractivity contribution in [2.75, 3.05) is 5.32 Å². The molecule has 0 radical (unpaired) electrons. The number of nitriles is 1. The van der Waals surface area contributed by atoms with Crippen molar-refractivity contribution in [1.29, 1.82) is 5.26 Å². The zero-order valence-corrected chi connectivity index (χ0v) is 17.0. The van der Waals surface area contributed by atoms with E-state index in [4.69, 9.17) is 34.8 Å². The van der Waals surface area contributed by atoms with Crippen LogP contribution in [0, 0.1) is 18.3 Å². The zero-order valence-electron chi connectivity index (χ0n) is 14.7. The first-order valence-corrected chi connectivity index (χ1v) is 9.34. The van der Waals surface area contributed by atoms with E-state index in [0.29, 0.717) is 26.4 Å². The van der Waals surface area contributed by atoms with Crippen molar-refractivity contribution in [3.63, 3.8) is 0 Å². The van der Waals surface area contributed by atoms with E-state index in [2.05, 4.69) is 5.32 Å². The predicted octanol–water partition coefficient (Wildman–Crippen LogP) is 6.29. The lowest BCUT2D eigenvalue weighted by Gasteiger charge is -2.09. The molecule has 3 aromatic rings. The molecule has 1 aromatic heterocycles. The summed E-state index contributed by atoms with van der Waals surface area (Å²) in [7, 11) is 0. The van der Waals surface area contributed by atoms with Gasteiger partial charge >= 0.3 is 0 Å². The number of benzene rings is 2. The Balaban J connectivity index is 1.90. The quantitative estimate of drug-likeness (QED) is 0.390. The second-order valence-electron chi connectivity index (χ2n) is 5.99. The van der Waals surface area contributed by atoms with E-state index >= 15 is 0 Å². The highest BCUT2D eigenvalue weighted by atomic mass is 35.5. The molecule has 1 heterocycles. The van der Waals surface area contributed by atoms with Crippen molar-refractivity contribution < 1.29 is 4.79 Å². The average molecular weight is 431 g/mol. The summed E-state index contributed by atoms with van der Waals surface area (Å²) in [6.45, 7) is 1.92. The van der Waals surface area contributed by atoms with Crippen LogP contribution < -0.4 is 5.32 Å². The summed E-state index contributed by atoms with van der Waals surface area (Å²) in [5.41, 5.74) is 2.86. The number of aryl methyl sites for hydroxylation is 1. The van der Waals surface area contributed by atoms with E-state index in [-0.39, 0.29) is 5.57 Å². The van der Waals surface area contributed by atoms with Crippen molar-refractivity contribution in [1.82, 2.24) is 4.57 Å². The molecule has 0 aliphatic heterocycles. The molecule has 0 bridgehead atoms. The average Bonchev–Trinajstić information content (AvgIpc) is 3.13. The Kier molecular flexibility index (Phi) is 6.11. The SMILES string of the molecule is Cc1ccc(-n2cccc2/C=C(/C#N)C(=O)Nc2ccc(Cl)c(Cl)c2)cc1Cl. The van der Waals surface area contributed by atoms with Gasteiger partial charge in [0.2, 0.25) is 0 Å². The van der Waals surface area contributed by atoms with Crippen LogP contribution in [-0.4, -0.2) is 10.5 Å². The van der Waals surface area contributed by atoms with Crippen LogP contribution >= 0.6 is 34.8 Å². The normalized spacial score (nSPS) is 11.2. The van der Waals surface area contributed by atoms with Crippen molar-refractivity contribution in [2.45, 2.75) is 6.92 Å². The summed E-state index contributed by atoms with van der Waals surface area (Å²) in [5, 5.41) is 13.4. The molecule has 0 saturated heterocycles. The molecular formula is C21H14Cl3N3O. The van der Waals surface area contributed by atoms with Crippen LogP contribution in [0.1, 0.15) is 11.3 Å². The highest BCUT2D eigenvalue weighted by Gasteiger charge is 2.12. The molecule has 28 heavy (non-hydrogen) atoms. The maximum absolute atomic E-state index is 12.5. The Hall–Kier alpha value is -2.71. The third kappa shape index (κ3) is 4.40. The number of hydrogen-bond donors (Lipinski definition) is 1. The lowest BCUT2D eigenvalue weighted by Crippen LogP contribution is -2.13. The molecule has 0 aliphatic carbocycles. The molecule has 0 atom stereocenters. The van der Waals surface area contributed by atoms with E-state index in [1.54, 1.807) is 18.2 Å². The van der Waals surface area contributed by atoms with Crippen LogP contribution in [0.15, 0.2) is 60.3 Å². The molecule has 1 amide bonds. The summed E-state index contributed by atoms with van der Waals surface area (Å²) >= 11 is 18.1. The zero-order chi connectivity index (χ0) is 20.3. The summed E-state index contributed by atoms with van der Waals surface area (Å²) in [6.07, 6.45) is 3.35. The highest BCUT2D eigenvalue weighted by molar-refractivity contribution is 6.42. The number of nitrogens with zero attached hydrogens (tertiary/aromatic N) is 2. The molecule has 140 valence electrons. The monoisotopic (exact) mass is 429 g/mol. The minimum absolute atomic E-state index is 0.0516. The minimum Gasteiger partial charge on any atom is -0.321 e. The van der Waals surface area contributed by atoms with E-state index in [1.165, 1.54) is 12.1 Å². The third-order valence-electron chi connectivity index (χ3n) is 4.05. The van der Waals surface area contributed by atoms with E-state index < -0.39 is 5.91 Å². The molecular weight excluding hydrogens is 417 g/mol. The number of amides is 1. The van der Waals surface area contributed by atoms with Crippen LogP contribution in [0.2, 0.25) is 15.1 Å². The van der Waals surface area contributed by atoms with Crippen molar-refractivity contribution >= 4 is 52.5 Å². The summed E-state index contributed by atoms with van der Waals surface area (Å²) in [6, 6.07) is 15.9. The van der Waals surface area contributed by atoms with E-state index in [0.717, 1.165) is 11.3 Å². The van der Waals surface area contributed by atoms with Gasteiger partial charge in [-0.3, -0.25) is 4.79 Å². The molecule has 7 heteroatoms. The molecule has 1 N–H and O–H groups in total. The first kappa shape index (κ1) is 20.0. The van der Waals surface area contributed by atoms with Crippen LogP contribution in [0.25, 0.3) is 11.8 Å². The molecule has 4 nitrogen and oxygen atoms in total. The highest BCUT2D eigenvalue weighted by Crippen LogP contribution is 2.26. The Labute approximate surface area is 177 Å². The topological polar surface area (TPSA) is 57.8 Å². The number of halogens is 3. The van der Waals surface area contributed by atoms with Crippen molar-refractivity contribution in [3.05, 3.63) is 86.6 Å². The van der Waals surface area contributed by atoms with Crippen LogP contribution in [0.4, 0.5) is 5.69 Å². The molecule has 3 rings (SSSR count). The van der Waals surface area contributed by atoms with Gasteiger partial charge in [0.05, 0.1) is 10.0 Å². The molecule has 0 aliphatic rings. The molecule has 2 aromatic carbocycles. The van der Waals surface area contributed by atoms with Crippen molar-refractivity contribution in [3.8, 4) is 11.8 Å². The van der Waals surface area contributed by atoms with Gasteiger partial charge in [0.25, 0.3) is 5.91 Å². The number of aromatic nitrogens is 1. The lowest BCUT2D eigenvalue weighted by atomic mass is 10.2.